The average molecular weight is 362 g/mol. The Morgan fingerprint density at radius 2 is 1.63 bits per heavy atom. The zero-order valence-electron chi connectivity index (χ0n) is 16.3. The molecule has 0 N–H and O–H groups in total. The summed E-state index contributed by atoms with van der Waals surface area (Å²) < 4.78 is 1.94. The lowest BCUT2D eigenvalue weighted by atomic mass is 10.1. The van der Waals surface area contributed by atoms with Gasteiger partial charge >= 0.3 is 0 Å². The first-order valence-corrected chi connectivity index (χ1v) is 9.44. The summed E-state index contributed by atoms with van der Waals surface area (Å²) in [7, 11) is 2.00. The van der Waals surface area contributed by atoms with E-state index in [0.29, 0.717) is 0 Å². The van der Waals surface area contributed by atoms with Crippen molar-refractivity contribution in [3.05, 3.63) is 59.7 Å². The van der Waals surface area contributed by atoms with Crippen LogP contribution in [-0.2, 0) is 13.6 Å². The minimum absolute atomic E-state index is 0.955. The summed E-state index contributed by atoms with van der Waals surface area (Å²) in [6.07, 6.45) is 5.55. The second kappa shape index (κ2) is 7.48. The Morgan fingerprint density at radius 1 is 0.926 bits per heavy atom. The number of piperazine rings is 1. The van der Waals surface area contributed by atoms with E-state index in [-0.39, 0.29) is 0 Å². The van der Waals surface area contributed by atoms with Crippen LogP contribution in [0.2, 0.25) is 0 Å². The molecule has 0 saturated carbocycles. The van der Waals surface area contributed by atoms with Crippen molar-refractivity contribution in [2.45, 2.75) is 20.4 Å². The number of aromatic nitrogens is 4. The molecule has 0 bridgehead atoms. The molecule has 0 spiro atoms. The van der Waals surface area contributed by atoms with Crippen LogP contribution in [0.3, 0.4) is 0 Å². The molecule has 6 nitrogen and oxygen atoms in total. The van der Waals surface area contributed by atoms with E-state index >= 15 is 0 Å². The Labute approximate surface area is 160 Å². The van der Waals surface area contributed by atoms with Gasteiger partial charge in [-0.25, -0.2) is 4.98 Å². The molecule has 3 heterocycles. The van der Waals surface area contributed by atoms with Crippen LogP contribution in [0.15, 0.2) is 42.9 Å². The molecular weight excluding hydrogens is 336 g/mol. The van der Waals surface area contributed by atoms with Gasteiger partial charge in [-0.1, -0.05) is 29.8 Å². The highest BCUT2D eigenvalue weighted by atomic mass is 15.3. The third-order valence-corrected chi connectivity index (χ3v) is 5.41. The summed E-state index contributed by atoms with van der Waals surface area (Å²) in [6.45, 7) is 9.12. The van der Waals surface area contributed by atoms with E-state index in [1.165, 1.54) is 16.8 Å². The maximum atomic E-state index is 4.66. The van der Waals surface area contributed by atoms with Crippen molar-refractivity contribution in [1.82, 2.24) is 24.6 Å². The van der Waals surface area contributed by atoms with Crippen LogP contribution in [0.25, 0.3) is 11.3 Å². The normalized spacial score (nSPS) is 15.3. The zero-order chi connectivity index (χ0) is 18.8. The van der Waals surface area contributed by atoms with Gasteiger partial charge in [-0.2, -0.15) is 5.10 Å². The Morgan fingerprint density at radius 3 is 2.30 bits per heavy atom. The zero-order valence-corrected chi connectivity index (χ0v) is 16.3. The van der Waals surface area contributed by atoms with Crippen LogP contribution in [0.4, 0.5) is 5.82 Å². The lowest BCUT2D eigenvalue weighted by Gasteiger charge is -2.35. The highest BCUT2D eigenvalue weighted by Gasteiger charge is 2.22. The minimum Gasteiger partial charge on any atom is -0.352 e. The standard InChI is InChI=1S/C21H26N6/c1-16-4-6-18(7-5-16)20-21(23-9-8-22-20)27-12-10-26(11-13-27)15-19-14-24-25(3)17(19)2/h4-9,14H,10-13,15H2,1-3H3. The Balaban J connectivity index is 1.47. The molecule has 140 valence electrons. The fraction of sp³-hybridized carbons (Fsp3) is 0.381. The van der Waals surface area contributed by atoms with E-state index in [1.54, 1.807) is 12.4 Å². The fourth-order valence-corrected chi connectivity index (χ4v) is 3.54. The van der Waals surface area contributed by atoms with Crippen LogP contribution in [-0.4, -0.2) is 50.8 Å². The fourth-order valence-electron chi connectivity index (χ4n) is 3.54. The van der Waals surface area contributed by atoms with Crippen LogP contribution in [0.1, 0.15) is 16.8 Å². The summed E-state index contributed by atoms with van der Waals surface area (Å²) in [5, 5.41) is 4.36. The van der Waals surface area contributed by atoms with Gasteiger partial charge in [-0.05, 0) is 13.8 Å². The van der Waals surface area contributed by atoms with Gasteiger partial charge in [0.25, 0.3) is 0 Å². The van der Waals surface area contributed by atoms with Crippen molar-refractivity contribution in [3.63, 3.8) is 0 Å². The topological polar surface area (TPSA) is 50.1 Å². The van der Waals surface area contributed by atoms with Gasteiger partial charge in [0.2, 0.25) is 0 Å². The smallest absolute Gasteiger partial charge is 0.155 e. The molecule has 27 heavy (non-hydrogen) atoms. The monoisotopic (exact) mass is 362 g/mol. The van der Waals surface area contributed by atoms with Crippen molar-refractivity contribution < 1.29 is 0 Å². The first kappa shape index (κ1) is 17.7. The van der Waals surface area contributed by atoms with Crippen LogP contribution >= 0.6 is 0 Å². The average Bonchev–Trinajstić information content (AvgIpc) is 3.01. The van der Waals surface area contributed by atoms with Gasteiger partial charge in [-0.15, -0.1) is 0 Å². The molecular formula is C21H26N6. The van der Waals surface area contributed by atoms with Crippen LogP contribution < -0.4 is 4.90 Å². The van der Waals surface area contributed by atoms with Crippen molar-refractivity contribution in [2.24, 2.45) is 7.05 Å². The maximum Gasteiger partial charge on any atom is 0.155 e. The summed E-state index contributed by atoms with van der Waals surface area (Å²) in [6, 6.07) is 8.51. The van der Waals surface area contributed by atoms with E-state index in [1.807, 2.05) is 17.9 Å². The van der Waals surface area contributed by atoms with Crippen molar-refractivity contribution in [1.29, 1.82) is 0 Å². The number of rotatable bonds is 4. The van der Waals surface area contributed by atoms with Gasteiger partial charge in [0.1, 0.15) is 5.69 Å². The van der Waals surface area contributed by atoms with Crippen molar-refractivity contribution >= 4 is 5.82 Å². The summed E-state index contributed by atoms with van der Waals surface area (Å²) in [5.41, 5.74) is 5.90. The predicted molar refractivity (Wildman–Crippen MR) is 108 cm³/mol. The number of aryl methyl sites for hydroxylation is 2. The van der Waals surface area contributed by atoms with Crippen molar-refractivity contribution in [2.75, 3.05) is 31.1 Å². The lowest BCUT2D eigenvalue weighted by molar-refractivity contribution is 0.249. The minimum atomic E-state index is 0.955. The molecule has 1 saturated heterocycles. The molecule has 1 aromatic carbocycles. The summed E-state index contributed by atoms with van der Waals surface area (Å²) in [4.78, 5) is 14.1. The largest absolute Gasteiger partial charge is 0.352 e. The molecule has 1 aliphatic rings. The molecule has 1 aliphatic heterocycles. The highest BCUT2D eigenvalue weighted by molar-refractivity contribution is 5.72. The molecule has 1 fully saturated rings. The molecule has 0 unspecified atom stereocenters. The van der Waals surface area contributed by atoms with Gasteiger partial charge < -0.3 is 4.90 Å². The third-order valence-electron chi connectivity index (χ3n) is 5.41. The Hall–Kier alpha value is -2.73. The van der Waals surface area contributed by atoms with E-state index in [2.05, 4.69) is 63.0 Å². The highest BCUT2D eigenvalue weighted by Crippen LogP contribution is 2.27. The summed E-state index contributed by atoms with van der Waals surface area (Å²) >= 11 is 0. The van der Waals surface area contributed by atoms with Crippen LogP contribution in [0.5, 0.6) is 0 Å². The third kappa shape index (κ3) is 3.71. The molecule has 0 atom stereocenters. The number of hydrogen-bond donors (Lipinski definition) is 0. The quantitative estimate of drug-likeness (QED) is 0.714. The van der Waals surface area contributed by atoms with E-state index < -0.39 is 0 Å². The van der Waals surface area contributed by atoms with Crippen LogP contribution in [0, 0.1) is 13.8 Å². The first-order valence-electron chi connectivity index (χ1n) is 9.44. The van der Waals surface area contributed by atoms with Gasteiger partial charge in [0, 0.05) is 69.0 Å². The van der Waals surface area contributed by atoms with Gasteiger partial charge in [0.05, 0.1) is 6.20 Å². The molecule has 0 radical (unpaired) electrons. The molecule has 6 heteroatoms. The predicted octanol–water partition coefficient (Wildman–Crippen LogP) is 2.82. The number of anilines is 1. The Bertz CT molecular complexity index is 907. The molecule has 3 aromatic rings. The van der Waals surface area contributed by atoms with Crippen molar-refractivity contribution in [3.8, 4) is 11.3 Å². The SMILES string of the molecule is Cc1ccc(-c2nccnc2N2CCN(Cc3cnn(C)c3C)CC2)cc1. The van der Waals surface area contributed by atoms with Gasteiger partial charge in [0.15, 0.2) is 5.82 Å². The maximum absolute atomic E-state index is 4.66. The molecule has 0 aliphatic carbocycles. The molecule has 4 rings (SSSR count). The molecule has 2 aromatic heterocycles. The Kier molecular flexibility index (Phi) is 4.90. The molecule has 0 amide bonds. The lowest BCUT2D eigenvalue weighted by Crippen LogP contribution is -2.46. The van der Waals surface area contributed by atoms with E-state index in [0.717, 1.165) is 49.8 Å². The van der Waals surface area contributed by atoms with E-state index in [9.17, 15) is 0 Å². The summed E-state index contributed by atoms with van der Waals surface area (Å²) in [5.74, 6) is 0.985. The number of nitrogens with zero attached hydrogens (tertiary/aromatic N) is 6. The second-order valence-electron chi connectivity index (χ2n) is 7.24. The second-order valence-corrected chi connectivity index (χ2v) is 7.24. The number of hydrogen-bond acceptors (Lipinski definition) is 5. The number of benzene rings is 1. The van der Waals surface area contributed by atoms with E-state index in [4.69, 9.17) is 0 Å². The van der Waals surface area contributed by atoms with Gasteiger partial charge in [-0.3, -0.25) is 14.6 Å². The first-order chi connectivity index (χ1) is 13.1.